The highest BCUT2D eigenvalue weighted by molar-refractivity contribution is 7.09. The molecular weight excluding hydrogens is 1420 g/mol. The van der Waals surface area contributed by atoms with Gasteiger partial charge in [0.2, 0.25) is 70.9 Å². The van der Waals surface area contributed by atoms with E-state index in [1.807, 2.05) is 111 Å². The van der Waals surface area contributed by atoms with Gasteiger partial charge in [0.25, 0.3) is 0 Å². The Morgan fingerprint density at radius 3 is 1.35 bits per heavy atom. The smallest absolute Gasteiger partial charge is 0.328 e. The van der Waals surface area contributed by atoms with E-state index in [0.29, 0.717) is 95.1 Å². The Labute approximate surface area is 637 Å². The topological polar surface area (TPSA) is 362 Å². The molecule has 3 aromatic carbocycles. The highest BCUT2D eigenvalue weighted by Gasteiger charge is 2.49. The van der Waals surface area contributed by atoms with E-state index in [0.717, 1.165) is 16.7 Å². The van der Waals surface area contributed by atoms with E-state index in [4.69, 9.17) is 9.47 Å². The molecule has 9 heterocycles. The molecule has 8 fully saturated rings. The van der Waals surface area contributed by atoms with Crippen LogP contribution in [-0.2, 0) is 95.9 Å². The monoisotopic (exact) mass is 1520 g/mol. The predicted molar refractivity (Wildman–Crippen MR) is 398 cm³/mol. The summed E-state index contributed by atoms with van der Waals surface area (Å²) in [5.41, 5.74) is 2.44. The van der Waals surface area contributed by atoms with Crippen LogP contribution >= 0.6 is 11.3 Å². The van der Waals surface area contributed by atoms with E-state index in [1.165, 1.54) is 40.7 Å². The van der Waals surface area contributed by atoms with Crippen molar-refractivity contribution in [3.8, 4) is 0 Å². The summed E-state index contributed by atoms with van der Waals surface area (Å²) in [4.78, 5) is 207. The van der Waals surface area contributed by atoms with Crippen molar-refractivity contribution in [1.82, 2.24) is 66.3 Å². The number of amides is 12. The van der Waals surface area contributed by atoms with E-state index in [2.05, 4.69) is 36.9 Å². The first kappa shape index (κ1) is 79.6. The summed E-state index contributed by atoms with van der Waals surface area (Å²) >= 11 is 1.31. The molecule has 0 saturated carbocycles. The highest BCUT2D eigenvalue weighted by Crippen LogP contribution is 2.31. The minimum atomic E-state index is -1.41. The number of cyclic esters (lactones) is 2. The molecule has 0 radical (unpaired) electrons. The summed E-state index contributed by atoms with van der Waals surface area (Å²) in [6.45, 7) is 7.44. The molecule has 30 heteroatoms. The fraction of sp³-hybridized carbons (Fsp3) is 0.532. The molecule has 8 aliphatic rings. The summed E-state index contributed by atoms with van der Waals surface area (Å²) in [5, 5.41) is 19.0. The molecule has 6 N–H and O–H groups in total. The molecule has 1 aromatic heterocycles. The molecule has 29 nitrogen and oxygen atoms in total. The van der Waals surface area contributed by atoms with Crippen LogP contribution in [0.4, 0.5) is 0 Å². The lowest BCUT2D eigenvalue weighted by Gasteiger charge is -2.39. The van der Waals surface area contributed by atoms with Gasteiger partial charge in [0, 0.05) is 70.1 Å². The fourth-order valence-corrected chi connectivity index (χ4v) is 16.6. The third kappa shape index (κ3) is 20.1. The summed E-state index contributed by atoms with van der Waals surface area (Å²) in [6.07, 6.45) is 11.2. The number of piperidine rings is 2. The average molecular weight is 1520 g/mol. The second-order valence-electron chi connectivity index (χ2n) is 29.7. The zero-order chi connectivity index (χ0) is 77.4. The van der Waals surface area contributed by atoms with E-state index < -0.39 is 157 Å². The van der Waals surface area contributed by atoms with Gasteiger partial charge in [0.1, 0.15) is 90.7 Å². The lowest BCUT2D eigenvalue weighted by atomic mass is 9.99. The molecule has 0 bridgehead atoms. The number of nitrogens with zero attached hydrogens (tertiary/aromatic N) is 7. The maximum atomic E-state index is 14.5. The van der Waals surface area contributed by atoms with Crippen LogP contribution in [0, 0.1) is 11.8 Å². The predicted octanol–water partition coefficient (Wildman–Crippen LogP) is 2.54. The van der Waals surface area contributed by atoms with Crippen LogP contribution in [0.5, 0.6) is 0 Å². The van der Waals surface area contributed by atoms with Crippen molar-refractivity contribution in [3.63, 3.8) is 0 Å². The average Bonchev–Trinajstić information content (AvgIpc) is 1.76. The van der Waals surface area contributed by atoms with Crippen molar-refractivity contribution >= 4 is 100 Å². The maximum Gasteiger partial charge on any atom is 0.328 e. The second-order valence-corrected chi connectivity index (χ2v) is 30.7. The number of carbonyl (C=O) groups excluding carboxylic acids is 14. The van der Waals surface area contributed by atoms with Gasteiger partial charge >= 0.3 is 11.9 Å². The number of nitrogens with one attached hydrogen (secondary N) is 6. The molecule has 0 unspecified atom stereocenters. The molecule has 0 spiro atoms. The first-order chi connectivity index (χ1) is 52.5. The van der Waals surface area contributed by atoms with Crippen LogP contribution in [0.25, 0.3) is 6.08 Å². The number of carbonyl (C=O) groups is 14. The molecule has 582 valence electrons. The molecule has 4 aromatic rings. The van der Waals surface area contributed by atoms with E-state index in [9.17, 15) is 67.1 Å². The molecular formula is C79H99N13O16S. The van der Waals surface area contributed by atoms with Gasteiger partial charge in [-0.2, -0.15) is 0 Å². The number of thiazole rings is 1. The number of esters is 2. The van der Waals surface area contributed by atoms with E-state index in [-0.39, 0.29) is 75.5 Å². The molecule has 12 rings (SSSR count). The minimum Gasteiger partial charge on any atom is -0.461 e. The van der Waals surface area contributed by atoms with Crippen LogP contribution in [0.3, 0.4) is 0 Å². The number of fused-ring (bicyclic) bond motifs is 6. The standard InChI is InChI=1S/C42H52N6O8.C37H47N7O8S/c1-27-23-35-42(55)56-26-32(45-37(50)31(24-30-15-7-4-8-16-30)44-36(49)20-11-17-29-13-5-3-6-14-29)40(53)47-22-12-19-34(47)41(54)46-21-10-9-18-33(46)38(51)43-28(2)39(52)48(35)25-27;1-22-17-29-37(51)52-21-26(41-32(46)25(18-24-9-4-3-5-10-24)40-30(45)19-31-38-13-16-53-31)35(49)43-15-8-12-28(43)36(50)42-14-7-6-11-27(42)33(47)39-23(2)34(48)44(29)20-22/h3-8,11,13-17,27-28,31-35H,9-10,12,18-26H2,1-2H3,(H,43,51)(H,44,49)(H,45,50);3-5,9-10,13,16,22-23,25-29H,6-8,11-12,14-15,17-21H2,1-2H3,(H,39,47)(H,40,45)(H,41,46)/b17-11+;/t27-,28+,31+,32+,33+,34+,35+;22-,23+,25+,26+,27+,28+,29+/m11/s1. The van der Waals surface area contributed by atoms with Gasteiger partial charge in [-0.05, 0) is 119 Å². The molecule has 8 saturated heterocycles. The Morgan fingerprint density at radius 2 is 0.908 bits per heavy atom. The number of hydrogen-bond donors (Lipinski definition) is 6. The van der Waals surface area contributed by atoms with Crippen LogP contribution in [-0.4, -0.2) is 242 Å². The first-order valence-electron chi connectivity index (χ1n) is 38.1. The summed E-state index contributed by atoms with van der Waals surface area (Å²) in [7, 11) is 0. The van der Waals surface area contributed by atoms with Crippen molar-refractivity contribution in [3.05, 3.63) is 130 Å². The van der Waals surface area contributed by atoms with Crippen molar-refractivity contribution in [1.29, 1.82) is 0 Å². The SMILES string of the molecule is C[C@@H]1C[C@H]2C(=O)OC[C@H](NC(=O)[C@H](Cc3ccccc3)NC(=O)C/C=C/c3ccccc3)C(=O)N3CCC[C@H]3C(=O)N3CCCC[C@H]3C(=O)N[C@@H](C)C(=O)N2C1.C[C@@H]1C[C@H]2C(=O)OC[C@H](NC(=O)[C@H](Cc3ccccc3)NC(=O)Cc3nccs3)C(=O)N3CCC[C@H]3C(=O)N3CCCC[C@H]3C(=O)N[C@@H](C)C(=O)N2C1. The molecule has 14 atom stereocenters. The third-order valence-corrected chi connectivity index (χ3v) is 22.3. The second kappa shape index (κ2) is 37.1. The van der Waals surface area contributed by atoms with Gasteiger partial charge in [-0.25, -0.2) is 14.6 Å². The number of ether oxygens (including phenoxy) is 2. The van der Waals surface area contributed by atoms with Crippen LogP contribution in [0.2, 0.25) is 0 Å². The molecule has 12 amide bonds. The van der Waals surface area contributed by atoms with Crippen LogP contribution in [0.1, 0.15) is 133 Å². The molecule has 0 aliphatic carbocycles. The van der Waals surface area contributed by atoms with Crippen molar-refractivity contribution in [2.75, 3.05) is 52.5 Å². The summed E-state index contributed by atoms with van der Waals surface area (Å²) in [5.74, 6) is -7.60. The van der Waals surface area contributed by atoms with Gasteiger partial charge in [-0.3, -0.25) is 57.5 Å². The lowest BCUT2D eigenvalue weighted by molar-refractivity contribution is -0.158. The minimum absolute atomic E-state index is 0.00578. The number of benzene rings is 3. The van der Waals surface area contributed by atoms with Crippen molar-refractivity contribution in [2.45, 2.75) is 203 Å². The largest absolute Gasteiger partial charge is 0.461 e. The lowest BCUT2D eigenvalue weighted by Crippen LogP contribution is -2.62. The fourth-order valence-electron chi connectivity index (χ4n) is 15.9. The van der Waals surface area contributed by atoms with Gasteiger partial charge in [0.05, 0.1) is 6.42 Å². The van der Waals surface area contributed by atoms with Gasteiger partial charge in [0.15, 0.2) is 0 Å². The van der Waals surface area contributed by atoms with E-state index in [1.54, 1.807) is 31.5 Å². The van der Waals surface area contributed by atoms with Crippen LogP contribution in [0.15, 0.2) is 109 Å². The Kier molecular flexibility index (Phi) is 27.1. The Bertz CT molecular complexity index is 4000. The van der Waals surface area contributed by atoms with Crippen LogP contribution < -0.4 is 31.9 Å². The quantitative estimate of drug-likeness (QED) is 0.0931. The maximum absolute atomic E-state index is 14.5. The third-order valence-electron chi connectivity index (χ3n) is 21.5. The van der Waals surface area contributed by atoms with Crippen molar-refractivity contribution < 1.29 is 76.6 Å². The number of aromatic nitrogens is 1. The summed E-state index contributed by atoms with van der Waals surface area (Å²) in [6, 6.07) is 15.4. The molecule has 109 heavy (non-hydrogen) atoms. The van der Waals surface area contributed by atoms with Gasteiger partial charge < -0.3 is 70.8 Å². The van der Waals surface area contributed by atoms with Gasteiger partial charge in [-0.1, -0.05) is 117 Å². The zero-order valence-corrected chi connectivity index (χ0v) is 62.9. The molecule has 8 aliphatic heterocycles. The Balaban J connectivity index is 0.000000217. The summed E-state index contributed by atoms with van der Waals surface area (Å²) < 4.78 is 11.5. The van der Waals surface area contributed by atoms with E-state index >= 15 is 0 Å². The zero-order valence-electron chi connectivity index (χ0n) is 62.1. The first-order valence-corrected chi connectivity index (χ1v) is 39.0. The Hall–Kier alpha value is -10.4. The Morgan fingerprint density at radius 1 is 0.495 bits per heavy atom. The number of hydrogen-bond acceptors (Lipinski definition) is 18. The van der Waals surface area contributed by atoms with Gasteiger partial charge in [-0.15, -0.1) is 11.3 Å². The normalized spacial score (nSPS) is 27.3. The highest BCUT2D eigenvalue weighted by atomic mass is 32.1. The number of rotatable bonds is 15. The van der Waals surface area contributed by atoms with Crippen molar-refractivity contribution in [2.24, 2.45) is 11.8 Å².